The van der Waals surface area contributed by atoms with Gasteiger partial charge in [-0.2, -0.15) is 0 Å². The number of nitrogens with one attached hydrogen (secondary N) is 1. The molecule has 5 rings (SSSR count). The number of halogens is 2. The molecule has 0 spiro atoms. The van der Waals surface area contributed by atoms with Crippen LogP contribution in [0.25, 0.3) is 0 Å². The Morgan fingerprint density at radius 2 is 1.84 bits per heavy atom. The third-order valence-corrected chi connectivity index (χ3v) is 10.9. The summed E-state index contributed by atoms with van der Waals surface area (Å²) in [5.74, 6) is 3.62. The number of carbonyl (C=O) groups excluding carboxylic acids is 2. The van der Waals surface area contributed by atoms with E-state index in [0.29, 0.717) is 65.9 Å². The molecule has 0 aromatic heterocycles. The minimum atomic E-state index is -0.229. The lowest BCUT2D eigenvalue weighted by atomic mass is 9.45. The van der Waals surface area contributed by atoms with Crippen LogP contribution < -0.4 is 10.2 Å². The lowest BCUT2D eigenvalue weighted by molar-refractivity contribution is -0.142. The van der Waals surface area contributed by atoms with E-state index in [-0.39, 0.29) is 23.5 Å². The molecule has 204 valence electrons. The first-order valence-electron chi connectivity index (χ1n) is 14.3. The number of esters is 1. The van der Waals surface area contributed by atoms with Crippen molar-refractivity contribution in [2.45, 2.75) is 83.3 Å². The summed E-state index contributed by atoms with van der Waals surface area (Å²) >= 11 is 12.0. The zero-order valence-electron chi connectivity index (χ0n) is 22.3. The molecule has 1 heterocycles. The highest BCUT2D eigenvalue weighted by molar-refractivity contribution is 6.18. The summed E-state index contributed by atoms with van der Waals surface area (Å²) in [6.45, 7) is 6.17. The first-order valence-corrected chi connectivity index (χ1v) is 15.3. The van der Waals surface area contributed by atoms with E-state index in [4.69, 9.17) is 27.9 Å². The summed E-state index contributed by atoms with van der Waals surface area (Å²) in [4.78, 5) is 27.4. The van der Waals surface area contributed by atoms with Gasteiger partial charge in [0.15, 0.2) is 0 Å². The Balaban J connectivity index is 1.23. The second-order valence-electron chi connectivity index (χ2n) is 12.4. The number of hydrogen-bond donors (Lipinski definition) is 1. The predicted octanol–water partition coefficient (Wildman–Crippen LogP) is 6.41. The highest BCUT2D eigenvalue weighted by Crippen LogP contribution is 2.62. The minimum Gasteiger partial charge on any atom is -0.459 e. The van der Waals surface area contributed by atoms with Gasteiger partial charge in [0, 0.05) is 42.5 Å². The van der Waals surface area contributed by atoms with Gasteiger partial charge in [-0.15, -0.1) is 23.2 Å². The Morgan fingerprint density at radius 1 is 1.05 bits per heavy atom. The molecular formula is C30H42Cl2N2O3. The molecule has 1 aromatic rings. The molecule has 1 aliphatic heterocycles. The quantitative estimate of drug-likeness (QED) is 0.316. The van der Waals surface area contributed by atoms with E-state index >= 15 is 0 Å². The molecule has 4 aliphatic rings. The summed E-state index contributed by atoms with van der Waals surface area (Å²) in [5.41, 5.74) is 1.82. The van der Waals surface area contributed by atoms with Crippen LogP contribution in [0.15, 0.2) is 24.3 Å². The van der Waals surface area contributed by atoms with E-state index in [2.05, 4.69) is 24.1 Å². The molecule has 0 radical (unpaired) electrons. The zero-order chi connectivity index (χ0) is 26.2. The monoisotopic (exact) mass is 548 g/mol. The van der Waals surface area contributed by atoms with Gasteiger partial charge in [0.2, 0.25) is 5.91 Å². The largest absolute Gasteiger partial charge is 0.459 e. The molecular weight excluding hydrogens is 507 g/mol. The number of fused-ring (bicyclic) bond motifs is 5. The Morgan fingerprint density at radius 3 is 2.59 bits per heavy atom. The minimum absolute atomic E-state index is 0.0182. The number of rotatable bonds is 7. The Kier molecular flexibility index (Phi) is 8.03. The van der Waals surface area contributed by atoms with Gasteiger partial charge < -0.3 is 15.0 Å². The van der Waals surface area contributed by atoms with Crippen molar-refractivity contribution in [2.24, 2.45) is 29.1 Å². The van der Waals surface area contributed by atoms with Crippen LogP contribution in [-0.4, -0.2) is 48.4 Å². The lowest BCUT2D eigenvalue weighted by Crippen LogP contribution is -2.63. The molecule has 1 saturated heterocycles. The van der Waals surface area contributed by atoms with Crippen molar-refractivity contribution in [3.05, 3.63) is 29.8 Å². The zero-order valence-corrected chi connectivity index (χ0v) is 23.8. The molecule has 1 aromatic carbocycles. The van der Waals surface area contributed by atoms with E-state index in [1.165, 1.54) is 19.3 Å². The van der Waals surface area contributed by atoms with Crippen molar-refractivity contribution in [3.63, 3.8) is 0 Å². The molecule has 3 aliphatic carbocycles. The van der Waals surface area contributed by atoms with Crippen LogP contribution in [0.2, 0.25) is 0 Å². The maximum Gasteiger partial charge on any atom is 0.338 e. The Bertz CT molecular complexity index is 999. The number of carbonyl (C=O) groups is 2. The average Bonchev–Trinajstić information content (AvgIpc) is 2.88. The summed E-state index contributed by atoms with van der Waals surface area (Å²) < 4.78 is 6.12. The Labute approximate surface area is 232 Å². The fraction of sp³-hybridized carbons (Fsp3) is 0.733. The van der Waals surface area contributed by atoms with E-state index in [9.17, 15) is 9.59 Å². The smallest absolute Gasteiger partial charge is 0.338 e. The summed E-state index contributed by atoms with van der Waals surface area (Å²) in [6, 6.07) is 7.64. The van der Waals surface area contributed by atoms with Crippen molar-refractivity contribution >= 4 is 40.8 Å². The van der Waals surface area contributed by atoms with Crippen LogP contribution in [0.4, 0.5) is 5.69 Å². The molecule has 3 saturated carbocycles. The van der Waals surface area contributed by atoms with Crippen molar-refractivity contribution in [1.29, 1.82) is 0 Å². The van der Waals surface area contributed by atoms with Crippen LogP contribution in [0.1, 0.15) is 82.0 Å². The van der Waals surface area contributed by atoms with Gasteiger partial charge in [0.1, 0.15) is 6.10 Å². The fourth-order valence-electron chi connectivity index (χ4n) is 8.62. The number of alkyl halides is 2. The molecule has 1 amide bonds. The van der Waals surface area contributed by atoms with Gasteiger partial charge in [-0.25, -0.2) is 4.79 Å². The van der Waals surface area contributed by atoms with Crippen LogP contribution in [0.5, 0.6) is 0 Å². The maximum absolute atomic E-state index is 13.2. The number of piperidine rings is 1. The number of benzene rings is 1. The molecule has 0 bridgehead atoms. The number of anilines is 1. The summed E-state index contributed by atoms with van der Waals surface area (Å²) in [7, 11) is 0. The lowest BCUT2D eigenvalue weighted by Gasteiger charge is -2.62. The second kappa shape index (κ2) is 11.0. The second-order valence-corrected chi connectivity index (χ2v) is 13.2. The van der Waals surface area contributed by atoms with Gasteiger partial charge in [-0.3, -0.25) is 4.79 Å². The van der Waals surface area contributed by atoms with E-state index in [0.717, 1.165) is 37.8 Å². The molecule has 1 N–H and O–H groups in total. The first-order chi connectivity index (χ1) is 17.8. The Hall–Kier alpha value is -1.46. The van der Waals surface area contributed by atoms with Crippen LogP contribution in [0, 0.1) is 29.1 Å². The fourth-order valence-corrected chi connectivity index (χ4v) is 9.03. The molecule has 4 fully saturated rings. The number of nitrogens with zero attached hydrogens (tertiary/aromatic N) is 1. The maximum atomic E-state index is 13.2. The standard InChI is InChI=1S/C30H42Cl2N2O3/c1-29-12-10-23(37-28(36)20-4-3-5-22(18-20)34(16-14-31)17-15-32)19-21(29)6-7-24-25(29)11-13-30(2)26(24)8-9-27(35)33-30/h3-5,18,21,23-26H,6-17,19H2,1-2H3,(H,33,35)/t21-,23-,24+,25-,26-,29-,30-/m0/s1. The van der Waals surface area contributed by atoms with Crippen molar-refractivity contribution in [2.75, 3.05) is 29.7 Å². The van der Waals surface area contributed by atoms with Gasteiger partial charge in [0.25, 0.3) is 0 Å². The van der Waals surface area contributed by atoms with E-state index < -0.39 is 0 Å². The molecule has 5 nitrogen and oxygen atoms in total. The predicted molar refractivity (Wildman–Crippen MR) is 149 cm³/mol. The highest BCUT2D eigenvalue weighted by atomic mass is 35.5. The normalized spacial score (nSPS) is 37.0. The number of ether oxygens (including phenoxy) is 1. The molecule has 7 heteroatoms. The average molecular weight is 550 g/mol. The SMILES string of the molecule is C[C@]12CC[C@H](OC(=O)c3cccc(N(CCCl)CCCl)c3)C[C@@H]1CC[C@@H]1[C@@H]2CC[C@]2(C)NC(=O)CC[C@@H]12. The van der Waals surface area contributed by atoms with Gasteiger partial charge >= 0.3 is 5.97 Å². The van der Waals surface area contributed by atoms with Crippen LogP contribution in [-0.2, 0) is 9.53 Å². The first kappa shape index (κ1) is 27.1. The topological polar surface area (TPSA) is 58.6 Å². The van der Waals surface area contributed by atoms with Gasteiger partial charge in [-0.1, -0.05) is 13.0 Å². The van der Waals surface area contributed by atoms with Crippen molar-refractivity contribution < 1.29 is 14.3 Å². The third kappa shape index (κ3) is 5.24. The molecule has 37 heavy (non-hydrogen) atoms. The third-order valence-electron chi connectivity index (χ3n) is 10.5. The highest BCUT2D eigenvalue weighted by Gasteiger charge is 2.58. The van der Waals surface area contributed by atoms with E-state index in [1.807, 2.05) is 24.3 Å². The van der Waals surface area contributed by atoms with Crippen LogP contribution >= 0.6 is 23.2 Å². The number of amides is 1. The summed E-state index contributed by atoms with van der Waals surface area (Å²) in [6.07, 6.45) is 9.44. The van der Waals surface area contributed by atoms with Crippen molar-refractivity contribution in [1.82, 2.24) is 5.32 Å². The number of hydrogen-bond acceptors (Lipinski definition) is 4. The van der Waals surface area contributed by atoms with E-state index in [1.54, 1.807) is 0 Å². The molecule has 0 unspecified atom stereocenters. The van der Waals surface area contributed by atoms with Gasteiger partial charge in [0.05, 0.1) is 5.56 Å². The summed E-state index contributed by atoms with van der Waals surface area (Å²) in [5, 5.41) is 3.37. The van der Waals surface area contributed by atoms with Crippen molar-refractivity contribution in [3.8, 4) is 0 Å². The van der Waals surface area contributed by atoms with Gasteiger partial charge in [-0.05, 0) is 106 Å². The molecule has 7 atom stereocenters. The van der Waals surface area contributed by atoms with Crippen LogP contribution in [0.3, 0.4) is 0 Å².